The van der Waals surface area contributed by atoms with E-state index in [9.17, 15) is 9.59 Å². The average molecular weight is 385 g/mol. The summed E-state index contributed by atoms with van der Waals surface area (Å²) < 4.78 is 6.25. The van der Waals surface area contributed by atoms with Gasteiger partial charge in [0.25, 0.3) is 0 Å². The van der Waals surface area contributed by atoms with Crippen LogP contribution in [0.2, 0.25) is 0 Å². The molecule has 0 aromatic carbocycles. The van der Waals surface area contributed by atoms with Crippen molar-refractivity contribution in [2.45, 2.75) is 57.2 Å². The Bertz CT molecular complexity index is 884. The van der Waals surface area contributed by atoms with Crippen molar-refractivity contribution in [1.82, 2.24) is 0 Å². The van der Waals surface area contributed by atoms with Gasteiger partial charge in [-0.05, 0) is 74.3 Å². The van der Waals surface area contributed by atoms with Gasteiger partial charge in [0.05, 0.1) is 0 Å². The Kier molecular flexibility index (Phi) is 3.01. The third kappa shape index (κ3) is 1.67. The molecule has 3 fully saturated rings. The van der Waals surface area contributed by atoms with Crippen LogP contribution in [-0.2, 0) is 14.3 Å². The topological polar surface area (TPSA) is 46.7 Å². The van der Waals surface area contributed by atoms with Crippen LogP contribution in [0.3, 0.4) is 0 Å². The Morgan fingerprint density at radius 3 is 2.78 bits per heavy atom. The molecule has 0 aromatic rings. The first kappa shape index (κ1) is 16.7. The molecule has 0 radical (unpaired) electrons. The van der Waals surface area contributed by atoms with E-state index in [4.69, 9.17) is 16.3 Å². The van der Waals surface area contributed by atoms with E-state index in [1.807, 2.05) is 6.08 Å². The molecule has 0 N–H and O–H groups in total. The molecule has 1 aliphatic heterocycles. The van der Waals surface area contributed by atoms with Crippen LogP contribution in [0.25, 0.3) is 0 Å². The van der Waals surface area contributed by atoms with Crippen LogP contribution in [0.15, 0.2) is 34.9 Å². The SMILES string of the molecule is CC(=O)[C@@]12CC[C@H]3[C@@H]4C=C(Cl)C5=CC(=O)[C@@H]6CC=C[C@@H]6[C@]5(C)[C@H]4CC[C@@]31O2. The summed E-state index contributed by atoms with van der Waals surface area (Å²) >= 11 is 6.81. The number of ether oxygens (including phenoxy) is 1. The van der Waals surface area contributed by atoms with Crippen molar-refractivity contribution in [3.05, 3.63) is 34.9 Å². The second-order valence-corrected chi connectivity index (χ2v) is 10.2. The summed E-state index contributed by atoms with van der Waals surface area (Å²) in [6.45, 7) is 4.03. The van der Waals surface area contributed by atoms with Gasteiger partial charge in [-0.2, -0.15) is 0 Å². The third-order valence-corrected chi connectivity index (χ3v) is 9.52. The number of fused-ring (bicyclic) bond motifs is 6. The smallest absolute Gasteiger partial charge is 0.164 e. The lowest BCUT2D eigenvalue weighted by atomic mass is 9.47. The molecule has 0 unspecified atom stereocenters. The van der Waals surface area contributed by atoms with Crippen molar-refractivity contribution >= 4 is 23.2 Å². The van der Waals surface area contributed by atoms with Gasteiger partial charge in [0.15, 0.2) is 17.2 Å². The predicted molar refractivity (Wildman–Crippen MR) is 102 cm³/mol. The first-order valence-corrected chi connectivity index (χ1v) is 10.7. The van der Waals surface area contributed by atoms with E-state index in [-0.39, 0.29) is 34.4 Å². The van der Waals surface area contributed by atoms with Crippen molar-refractivity contribution in [3.8, 4) is 0 Å². The van der Waals surface area contributed by atoms with Gasteiger partial charge in [-0.25, -0.2) is 0 Å². The van der Waals surface area contributed by atoms with Crippen molar-refractivity contribution in [1.29, 1.82) is 0 Å². The van der Waals surface area contributed by atoms with Crippen molar-refractivity contribution in [2.75, 3.05) is 0 Å². The first-order chi connectivity index (χ1) is 12.8. The number of carbonyl (C=O) groups excluding carboxylic acids is 2. The number of ketones is 2. The molecule has 6 rings (SSSR count). The molecular formula is C23H25ClO3. The van der Waals surface area contributed by atoms with Gasteiger partial charge in [0, 0.05) is 16.4 Å². The fourth-order valence-electron chi connectivity index (χ4n) is 7.96. The van der Waals surface area contributed by atoms with Crippen LogP contribution >= 0.6 is 11.6 Å². The van der Waals surface area contributed by atoms with Crippen molar-refractivity contribution in [2.24, 2.45) is 35.0 Å². The number of halogens is 1. The zero-order valence-corrected chi connectivity index (χ0v) is 16.6. The molecule has 27 heavy (non-hydrogen) atoms. The van der Waals surface area contributed by atoms with Crippen LogP contribution in [0.5, 0.6) is 0 Å². The molecule has 3 nitrogen and oxygen atoms in total. The van der Waals surface area contributed by atoms with Crippen LogP contribution in [0.1, 0.15) is 46.0 Å². The molecule has 4 heteroatoms. The van der Waals surface area contributed by atoms with Gasteiger partial charge in [-0.1, -0.05) is 36.8 Å². The summed E-state index contributed by atoms with van der Waals surface area (Å²) in [5.74, 6) is 1.91. The Hall–Kier alpha value is -1.19. The number of Topliss-reactive ketones (excluding diaryl/α,β-unsaturated/α-hetero) is 1. The Morgan fingerprint density at radius 2 is 2.04 bits per heavy atom. The van der Waals surface area contributed by atoms with Gasteiger partial charge < -0.3 is 4.74 Å². The van der Waals surface area contributed by atoms with Gasteiger partial charge in [0.2, 0.25) is 0 Å². The molecule has 142 valence electrons. The van der Waals surface area contributed by atoms with Crippen molar-refractivity contribution in [3.63, 3.8) is 0 Å². The van der Waals surface area contributed by atoms with Gasteiger partial charge in [-0.15, -0.1) is 0 Å². The monoisotopic (exact) mass is 384 g/mol. The lowest BCUT2D eigenvalue weighted by molar-refractivity contribution is -0.123. The van der Waals surface area contributed by atoms with Crippen molar-refractivity contribution < 1.29 is 14.3 Å². The van der Waals surface area contributed by atoms with E-state index in [0.29, 0.717) is 17.8 Å². The highest BCUT2D eigenvalue weighted by molar-refractivity contribution is 6.32. The Balaban J connectivity index is 1.48. The zero-order valence-electron chi connectivity index (χ0n) is 15.8. The molecule has 2 saturated carbocycles. The normalized spacial score (nSPS) is 54.2. The largest absolute Gasteiger partial charge is 0.354 e. The molecule has 0 amide bonds. The van der Waals surface area contributed by atoms with Crippen LogP contribution < -0.4 is 0 Å². The van der Waals surface area contributed by atoms with E-state index in [1.165, 1.54) is 0 Å². The molecule has 6 aliphatic rings. The standard InChI is InChI=1S/C23H25ClO3/c1-12(25)22-8-7-17-14-10-19(24)18-11-20(26)13-4-3-5-15(13)21(18,2)16(14)6-9-23(17,22)27-22/h3,5,10-11,13-17H,4,6-9H2,1-2H3/t13-,14-,15+,16+,17+,21-,22+,23-/m1/s1. The van der Waals surface area contributed by atoms with Crippen LogP contribution in [0, 0.1) is 35.0 Å². The number of epoxide rings is 1. The van der Waals surface area contributed by atoms with Gasteiger partial charge in [0.1, 0.15) is 5.60 Å². The van der Waals surface area contributed by atoms with Crippen LogP contribution in [0.4, 0.5) is 0 Å². The summed E-state index contributed by atoms with van der Waals surface area (Å²) in [6.07, 6.45) is 13.2. The third-order valence-electron chi connectivity index (χ3n) is 9.19. The predicted octanol–water partition coefficient (Wildman–Crippen LogP) is 4.36. The summed E-state index contributed by atoms with van der Waals surface area (Å²) in [6, 6.07) is 0. The quantitative estimate of drug-likeness (QED) is 0.498. The molecule has 0 bridgehead atoms. The maximum atomic E-state index is 12.7. The molecule has 5 aliphatic carbocycles. The van der Waals surface area contributed by atoms with Crippen LogP contribution in [-0.4, -0.2) is 22.8 Å². The summed E-state index contributed by atoms with van der Waals surface area (Å²) in [5, 5.41) is 0.754. The Labute approximate surface area is 164 Å². The van der Waals surface area contributed by atoms with E-state index in [1.54, 1.807) is 6.92 Å². The highest BCUT2D eigenvalue weighted by Crippen LogP contribution is 2.74. The van der Waals surface area contributed by atoms with Gasteiger partial charge in [-0.3, -0.25) is 9.59 Å². The van der Waals surface area contributed by atoms with E-state index in [0.717, 1.165) is 42.7 Å². The second-order valence-electron chi connectivity index (χ2n) is 9.80. The summed E-state index contributed by atoms with van der Waals surface area (Å²) in [5.41, 5.74) is 0.186. The average Bonchev–Trinajstić information content (AvgIpc) is 2.99. The molecule has 1 saturated heterocycles. The Morgan fingerprint density at radius 1 is 1.26 bits per heavy atom. The number of carbonyl (C=O) groups is 2. The number of rotatable bonds is 1. The minimum Gasteiger partial charge on any atom is -0.354 e. The number of allylic oxidation sites excluding steroid dienone is 6. The maximum Gasteiger partial charge on any atom is 0.164 e. The summed E-state index contributed by atoms with van der Waals surface area (Å²) in [7, 11) is 0. The zero-order chi connectivity index (χ0) is 18.8. The van der Waals surface area contributed by atoms with E-state index < -0.39 is 5.60 Å². The van der Waals surface area contributed by atoms with Gasteiger partial charge >= 0.3 is 0 Å². The van der Waals surface area contributed by atoms with E-state index >= 15 is 0 Å². The minimum atomic E-state index is -0.516. The molecule has 1 spiro atoms. The second kappa shape index (κ2) is 4.86. The number of hydrogen-bond donors (Lipinski definition) is 0. The fraction of sp³-hybridized carbons (Fsp3) is 0.652. The minimum absolute atomic E-state index is 0.0786. The fourth-order valence-corrected chi connectivity index (χ4v) is 8.36. The molecule has 8 atom stereocenters. The summed E-state index contributed by atoms with van der Waals surface area (Å²) in [4.78, 5) is 25.0. The maximum absolute atomic E-state index is 12.7. The first-order valence-electron chi connectivity index (χ1n) is 10.4. The van der Waals surface area contributed by atoms with E-state index in [2.05, 4.69) is 25.2 Å². The highest BCUT2D eigenvalue weighted by Gasteiger charge is 2.81. The molecular weight excluding hydrogens is 360 g/mol. The lowest BCUT2D eigenvalue weighted by Crippen LogP contribution is -2.53. The molecule has 0 aromatic heterocycles. The molecule has 1 heterocycles. The highest BCUT2D eigenvalue weighted by atomic mass is 35.5. The lowest BCUT2D eigenvalue weighted by Gasteiger charge is -2.56. The number of hydrogen-bond acceptors (Lipinski definition) is 3.